The van der Waals surface area contributed by atoms with Crippen molar-refractivity contribution in [2.75, 3.05) is 39.9 Å². The van der Waals surface area contributed by atoms with E-state index in [4.69, 9.17) is 4.74 Å². The zero-order valence-electron chi connectivity index (χ0n) is 13.8. The molecular formula is C17H25BrFN3O. The van der Waals surface area contributed by atoms with Crippen molar-refractivity contribution >= 4 is 21.9 Å². The summed E-state index contributed by atoms with van der Waals surface area (Å²) in [6.45, 7) is 6.03. The fourth-order valence-electron chi connectivity index (χ4n) is 2.69. The molecular weight excluding hydrogens is 361 g/mol. The van der Waals surface area contributed by atoms with E-state index in [1.165, 1.54) is 6.07 Å². The highest BCUT2D eigenvalue weighted by molar-refractivity contribution is 9.10. The molecule has 1 aromatic rings. The first-order valence-electron chi connectivity index (χ1n) is 8.11. The number of hydrogen-bond donors (Lipinski definition) is 1. The largest absolute Gasteiger partial charge is 0.381 e. The maximum absolute atomic E-state index is 13.8. The highest BCUT2D eigenvalue weighted by Crippen LogP contribution is 2.16. The van der Waals surface area contributed by atoms with Gasteiger partial charge < -0.3 is 15.0 Å². The van der Waals surface area contributed by atoms with Crippen molar-refractivity contribution in [2.24, 2.45) is 10.9 Å². The fourth-order valence-corrected chi connectivity index (χ4v) is 3.10. The second-order valence-electron chi connectivity index (χ2n) is 5.83. The Morgan fingerprint density at radius 1 is 1.52 bits per heavy atom. The molecule has 1 N–H and O–H groups in total. The minimum atomic E-state index is -0.176. The smallest absolute Gasteiger partial charge is 0.193 e. The van der Waals surface area contributed by atoms with Crippen LogP contribution in [-0.4, -0.2) is 50.8 Å². The summed E-state index contributed by atoms with van der Waals surface area (Å²) in [5.41, 5.74) is 0.686. The number of guanidine groups is 1. The number of halogens is 2. The van der Waals surface area contributed by atoms with Crippen molar-refractivity contribution in [2.45, 2.75) is 19.8 Å². The number of ether oxygens (including phenoxy) is 1. The summed E-state index contributed by atoms with van der Waals surface area (Å²) in [6.07, 6.45) is 1.69. The van der Waals surface area contributed by atoms with Gasteiger partial charge in [-0.2, -0.15) is 0 Å². The predicted molar refractivity (Wildman–Crippen MR) is 95.3 cm³/mol. The topological polar surface area (TPSA) is 36.9 Å². The van der Waals surface area contributed by atoms with E-state index in [1.54, 1.807) is 6.07 Å². The average molecular weight is 386 g/mol. The quantitative estimate of drug-likeness (QED) is 0.603. The lowest BCUT2D eigenvalue weighted by molar-refractivity contribution is 0.181. The first-order chi connectivity index (χ1) is 11.1. The van der Waals surface area contributed by atoms with E-state index in [1.807, 2.05) is 13.1 Å². The summed E-state index contributed by atoms with van der Waals surface area (Å²) in [7, 11) is 2.04. The number of nitrogens with one attached hydrogen (secondary N) is 1. The predicted octanol–water partition coefficient (Wildman–Crippen LogP) is 3.06. The van der Waals surface area contributed by atoms with Crippen LogP contribution in [0, 0.1) is 11.7 Å². The van der Waals surface area contributed by atoms with Crippen LogP contribution in [0.4, 0.5) is 4.39 Å². The van der Waals surface area contributed by atoms with Crippen LogP contribution in [0.3, 0.4) is 0 Å². The number of aliphatic imine (C=N–C) groups is 1. The fraction of sp³-hybridized carbons (Fsp3) is 0.588. The van der Waals surface area contributed by atoms with E-state index in [9.17, 15) is 4.39 Å². The zero-order chi connectivity index (χ0) is 16.7. The molecule has 0 aromatic heterocycles. The Kier molecular flexibility index (Phi) is 7.30. The molecule has 0 saturated carbocycles. The van der Waals surface area contributed by atoms with Crippen molar-refractivity contribution in [1.82, 2.24) is 10.2 Å². The van der Waals surface area contributed by atoms with E-state index in [-0.39, 0.29) is 5.82 Å². The SMILES string of the molecule is CCNC(=NCCc1cc(Br)ccc1F)N(C)CC1CCOC1. The van der Waals surface area contributed by atoms with Crippen LogP contribution in [0.1, 0.15) is 18.9 Å². The van der Waals surface area contributed by atoms with Crippen LogP contribution >= 0.6 is 15.9 Å². The number of rotatable bonds is 6. The van der Waals surface area contributed by atoms with Gasteiger partial charge in [0, 0.05) is 43.7 Å². The minimum Gasteiger partial charge on any atom is -0.381 e. The molecule has 1 aliphatic heterocycles. The molecule has 0 spiro atoms. The first-order valence-corrected chi connectivity index (χ1v) is 8.90. The highest BCUT2D eigenvalue weighted by Gasteiger charge is 2.19. The molecule has 0 radical (unpaired) electrons. The summed E-state index contributed by atoms with van der Waals surface area (Å²) < 4.78 is 20.1. The van der Waals surface area contributed by atoms with Crippen LogP contribution in [0.25, 0.3) is 0 Å². The zero-order valence-corrected chi connectivity index (χ0v) is 15.4. The van der Waals surface area contributed by atoms with Gasteiger partial charge in [-0.15, -0.1) is 0 Å². The third kappa shape index (κ3) is 5.77. The normalized spacial score (nSPS) is 18.3. The molecule has 1 aromatic carbocycles. The van der Waals surface area contributed by atoms with Crippen molar-refractivity contribution in [3.05, 3.63) is 34.1 Å². The Morgan fingerprint density at radius 3 is 3.04 bits per heavy atom. The molecule has 1 fully saturated rings. The maximum atomic E-state index is 13.8. The second kappa shape index (κ2) is 9.23. The molecule has 2 rings (SSSR count). The van der Waals surface area contributed by atoms with Crippen molar-refractivity contribution in [1.29, 1.82) is 0 Å². The van der Waals surface area contributed by atoms with Crippen molar-refractivity contribution in [3.8, 4) is 0 Å². The minimum absolute atomic E-state index is 0.176. The number of hydrogen-bond acceptors (Lipinski definition) is 2. The van der Waals surface area contributed by atoms with Gasteiger partial charge in [0.05, 0.1) is 6.61 Å². The van der Waals surface area contributed by atoms with Gasteiger partial charge >= 0.3 is 0 Å². The highest BCUT2D eigenvalue weighted by atomic mass is 79.9. The van der Waals surface area contributed by atoms with E-state index < -0.39 is 0 Å². The average Bonchev–Trinajstić information content (AvgIpc) is 3.02. The number of benzene rings is 1. The molecule has 0 aliphatic carbocycles. The molecule has 1 atom stereocenters. The molecule has 6 heteroatoms. The molecule has 4 nitrogen and oxygen atoms in total. The van der Waals surface area contributed by atoms with Gasteiger partial charge in [-0.05, 0) is 43.5 Å². The van der Waals surface area contributed by atoms with Crippen LogP contribution in [-0.2, 0) is 11.2 Å². The van der Waals surface area contributed by atoms with Crippen molar-refractivity contribution < 1.29 is 9.13 Å². The Bertz CT molecular complexity index is 533. The van der Waals surface area contributed by atoms with Gasteiger partial charge in [0.2, 0.25) is 0 Å². The Labute approximate surface area is 146 Å². The van der Waals surface area contributed by atoms with Gasteiger partial charge in [-0.3, -0.25) is 4.99 Å². The monoisotopic (exact) mass is 385 g/mol. The Balaban J connectivity index is 1.93. The van der Waals surface area contributed by atoms with Gasteiger partial charge in [0.25, 0.3) is 0 Å². The number of nitrogens with zero attached hydrogens (tertiary/aromatic N) is 2. The Hall–Kier alpha value is -1.14. The van der Waals surface area contributed by atoms with E-state index in [2.05, 4.69) is 38.1 Å². The first kappa shape index (κ1) is 18.2. The standard InChI is InChI=1S/C17H25BrFN3O/c1-3-20-17(22(2)11-13-7-9-23-12-13)21-8-6-14-10-15(18)4-5-16(14)19/h4-5,10,13H,3,6-9,11-12H2,1-2H3,(H,20,21). The van der Waals surface area contributed by atoms with Gasteiger partial charge in [0.15, 0.2) is 5.96 Å². The van der Waals surface area contributed by atoms with Gasteiger partial charge in [0.1, 0.15) is 5.82 Å². The van der Waals surface area contributed by atoms with Crippen LogP contribution in [0.2, 0.25) is 0 Å². The summed E-state index contributed by atoms with van der Waals surface area (Å²) >= 11 is 3.38. The second-order valence-corrected chi connectivity index (χ2v) is 6.75. The van der Waals surface area contributed by atoms with Crippen molar-refractivity contribution in [3.63, 3.8) is 0 Å². The van der Waals surface area contributed by atoms with E-state index >= 15 is 0 Å². The molecule has 128 valence electrons. The van der Waals surface area contributed by atoms with Crippen LogP contribution < -0.4 is 5.32 Å². The lowest BCUT2D eigenvalue weighted by Gasteiger charge is -2.24. The molecule has 23 heavy (non-hydrogen) atoms. The lowest BCUT2D eigenvalue weighted by atomic mass is 10.1. The maximum Gasteiger partial charge on any atom is 0.193 e. The molecule has 1 aliphatic rings. The summed E-state index contributed by atoms with van der Waals surface area (Å²) in [5.74, 6) is 1.26. The lowest BCUT2D eigenvalue weighted by Crippen LogP contribution is -2.41. The van der Waals surface area contributed by atoms with E-state index in [0.29, 0.717) is 24.4 Å². The summed E-state index contributed by atoms with van der Waals surface area (Å²) in [6, 6.07) is 5.02. The molecule has 1 heterocycles. The van der Waals surface area contributed by atoms with E-state index in [0.717, 1.165) is 43.2 Å². The third-order valence-electron chi connectivity index (χ3n) is 3.90. The van der Waals surface area contributed by atoms with Gasteiger partial charge in [-0.25, -0.2) is 4.39 Å². The molecule has 1 unspecified atom stereocenters. The summed E-state index contributed by atoms with van der Waals surface area (Å²) in [5, 5.41) is 3.30. The molecule has 1 saturated heterocycles. The molecule has 0 amide bonds. The van der Waals surface area contributed by atoms with Crippen LogP contribution in [0.5, 0.6) is 0 Å². The Morgan fingerprint density at radius 2 is 2.35 bits per heavy atom. The van der Waals surface area contributed by atoms with Crippen LogP contribution in [0.15, 0.2) is 27.7 Å². The summed E-state index contributed by atoms with van der Waals surface area (Å²) in [4.78, 5) is 6.77. The molecule has 0 bridgehead atoms. The van der Waals surface area contributed by atoms with Gasteiger partial charge in [-0.1, -0.05) is 15.9 Å². The third-order valence-corrected chi connectivity index (χ3v) is 4.40.